The number of phenolic OH excluding ortho intramolecular Hbond substituents is 1. The van der Waals surface area contributed by atoms with Crippen LogP contribution < -0.4 is 5.32 Å². The number of anilines is 1. The van der Waals surface area contributed by atoms with Gasteiger partial charge in [0.1, 0.15) is 16.6 Å². The fraction of sp³-hybridized carbons (Fsp3) is 0.0556. The molecule has 2 amide bonds. The second-order valence-corrected chi connectivity index (χ2v) is 6.95. The van der Waals surface area contributed by atoms with Crippen molar-refractivity contribution in [2.75, 3.05) is 11.9 Å². The number of phenols is 1. The number of benzene rings is 2. The summed E-state index contributed by atoms with van der Waals surface area (Å²) in [7, 11) is 0. The quantitative estimate of drug-likeness (QED) is 0.639. The Hall–Kier alpha value is -2.64. The van der Waals surface area contributed by atoms with Crippen molar-refractivity contribution in [1.29, 1.82) is 0 Å². The van der Waals surface area contributed by atoms with Crippen molar-refractivity contribution in [1.82, 2.24) is 4.90 Å². The molecule has 0 unspecified atom stereocenters. The molecule has 2 aromatic carbocycles. The average Bonchev–Trinajstić information content (AvgIpc) is 2.83. The van der Waals surface area contributed by atoms with Gasteiger partial charge >= 0.3 is 0 Å². The molecule has 0 aromatic heterocycles. The third-order valence-electron chi connectivity index (χ3n) is 3.40. The smallest absolute Gasteiger partial charge is 0.266 e. The third kappa shape index (κ3) is 4.26. The van der Waals surface area contributed by atoms with Crippen LogP contribution in [0.2, 0.25) is 0 Å². The lowest BCUT2D eigenvalue weighted by Gasteiger charge is -2.14. The largest absolute Gasteiger partial charge is 0.508 e. The maximum Gasteiger partial charge on any atom is 0.266 e. The summed E-state index contributed by atoms with van der Waals surface area (Å²) < 4.78 is 0.346. The Balaban J connectivity index is 1.68. The van der Waals surface area contributed by atoms with Gasteiger partial charge in [0.25, 0.3) is 5.91 Å². The molecule has 0 bridgehead atoms. The van der Waals surface area contributed by atoms with Crippen molar-refractivity contribution >= 4 is 51.9 Å². The van der Waals surface area contributed by atoms with Gasteiger partial charge in [-0.25, -0.2) is 0 Å². The van der Waals surface area contributed by atoms with Crippen molar-refractivity contribution in [2.24, 2.45) is 0 Å². The molecular weight excluding hydrogens is 356 g/mol. The van der Waals surface area contributed by atoms with E-state index in [1.165, 1.54) is 28.8 Å². The van der Waals surface area contributed by atoms with Crippen LogP contribution >= 0.6 is 24.0 Å². The molecule has 0 spiro atoms. The number of nitrogens with one attached hydrogen (secondary N) is 1. The third-order valence-corrected chi connectivity index (χ3v) is 4.78. The number of amides is 2. The number of thiocarbonyl (C=S) groups is 1. The normalized spacial score (nSPS) is 15.7. The van der Waals surface area contributed by atoms with Gasteiger partial charge in [0.15, 0.2) is 0 Å². The first-order valence-electron chi connectivity index (χ1n) is 7.42. The molecule has 1 fully saturated rings. The Morgan fingerprint density at radius 1 is 1.20 bits per heavy atom. The highest BCUT2D eigenvalue weighted by molar-refractivity contribution is 8.26. The van der Waals surface area contributed by atoms with Crippen LogP contribution in [0.1, 0.15) is 5.56 Å². The van der Waals surface area contributed by atoms with Gasteiger partial charge in [0, 0.05) is 11.8 Å². The van der Waals surface area contributed by atoms with Crippen LogP contribution in [0.25, 0.3) is 6.08 Å². The maximum absolute atomic E-state index is 12.5. The Labute approximate surface area is 154 Å². The lowest BCUT2D eigenvalue weighted by molar-refractivity contribution is -0.126. The van der Waals surface area contributed by atoms with Crippen molar-refractivity contribution in [2.45, 2.75) is 0 Å². The molecule has 3 rings (SSSR count). The molecule has 0 atom stereocenters. The average molecular weight is 370 g/mol. The van der Waals surface area contributed by atoms with Gasteiger partial charge < -0.3 is 10.4 Å². The van der Waals surface area contributed by atoms with Crippen LogP contribution in [-0.4, -0.2) is 32.7 Å². The Kier molecular flexibility index (Phi) is 5.16. The van der Waals surface area contributed by atoms with E-state index >= 15 is 0 Å². The van der Waals surface area contributed by atoms with Gasteiger partial charge in [-0.2, -0.15) is 0 Å². The lowest BCUT2D eigenvalue weighted by Crippen LogP contribution is -2.36. The van der Waals surface area contributed by atoms with Gasteiger partial charge in [-0.05, 0) is 23.8 Å². The summed E-state index contributed by atoms with van der Waals surface area (Å²) in [4.78, 5) is 26.4. The summed E-state index contributed by atoms with van der Waals surface area (Å²) >= 11 is 6.40. The molecule has 1 aliphatic rings. The second kappa shape index (κ2) is 7.50. The maximum atomic E-state index is 12.5. The summed E-state index contributed by atoms with van der Waals surface area (Å²) in [6.07, 6.45) is 1.76. The number of hydrogen-bond donors (Lipinski definition) is 2. The van der Waals surface area contributed by atoms with Crippen LogP contribution in [0, 0.1) is 0 Å². The number of rotatable bonds is 4. The molecule has 5 nitrogen and oxygen atoms in total. The van der Waals surface area contributed by atoms with E-state index in [0.717, 1.165) is 5.56 Å². The van der Waals surface area contributed by atoms with Crippen LogP contribution in [0.4, 0.5) is 5.69 Å². The molecule has 0 radical (unpaired) electrons. The monoisotopic (exact) mass is 370 g/mol. The van der Waals surface area contributed by atoms with Crippen LogP contribution in [0.5, 0.6) is 5.75 Å². The van der Waals surface area contributed by atoms with Crippen molar-refractivity contribution in [3.05, 3.63) is 65.1 Å². The Bertz CT molecular complexity index is 866. The zero-order valence-corrected chi connectivity index (χ0v) is 14.6. The number of thioether (sulfide) groups is 1. The van der Waals surface area contributed by atoms with E-state index in [4.69, 9.17) is 12.2 Å². The molecule has 7 heteroatoms. The van der Waals surface area contributed by atoms with Crippen molar-refractivity contribution in [3.8, 4) is 5.75 Å². The van der Waals surface area contributed by atoms with Crippen LogP contribution in [0.15, 0.2) is 59.5 Å². The molecule has 25 heavy (non-hydrogen) atoms. The first kappa shape index (κ1) is 17.2. The highest BCUT2D eigenvalue weighted by atomic mass is 32.2. The summed E-state index contributed by atoms with van der Waals surface area (Å²) in [5.41, 5.74) is 1.35. The standard InChI is InChI=1S/C18H14N2O3S2/c21-14-8-4-7-13(10-14)19-16(22)11-20-17(23)15(25-18(20)24)9-12-5-2-1-3-6-12/h1-10,21H,11H2,(H,19,22). The highest BCUT2D eigenvalue weighted by Crippen LogP contribution is 2.32. The fourth-order valence-electron chi connectivity index (χ4n) is 2.26. The lowest BCUT2D eigenvalue weighted by atomic mass is 10.2. The molecule has 2 N–H and O–H groups in total. The number of carbonyl (C=O) groups is 2. The molecule has 1 aliphatic heterocycles. The molecule has 0 saturated carbocycles. The van der Waals surface area contributed by atoms with E-state index in [1.807, 2.05) is 30.3 Å². The Morgan fingerprint density at radius 3 is 2.68 bits per heavy atom. The SMILES string of the molecule is O=C(CN1C(=O)C(=Cc2ccccc2)SC1=S)Nc1cccc(O)c1. The molecule has 2 aromatic rings. The van der Waals surface area contributed by atoms with Crippen LogP contribution in [0.3, 0.4) is 0 Å². The summed E-state index contributed by atoms with van der Waals surface area (Å²) in [5.74, 6) is -0.623. The summed E-state index contributed by atoms with van der Waals surface area (Å²) in [5, 5.41) is 12.1. The van der Waals surface area contributed by atoms with Gasteiger partial charge in [-0.3, -0.25) is 14.5 Å². The number of nitrogens with zero attached hydrogens (tertiary/aromatic N) is 1. The van der Waals surface area contributed by atoms with E-state index < -0.39 is 0 Å². The zero-order chi connectivity index (χ0) is 17.8. The fourth-order valence-corrected chi connectivity index (χ4v) is 3.52. The van der Waals surface area contributed by atoms with E-state index in [9.17, 15) is 14.7 Å². The van der Waals surface area contributed by atoms with E-state index in [0.29, 0.717) is 14.9 Å². The van der Waals surface area contributed by atoms with E-state index in [2.05, 4.69) is 5.32 Å². The minimum atomic E-state index is -0.386. The van der Waals surface area contributed by atoms with Crippen molar-refractivity contribution < 1.29 is 14.7 Å². The second-order valence-electron chi connectivity index (χ2n) is 5.28. The molecule has 126 valence electrons. The predicted octanol–water partition coefficient (Wildman–Crippen LogP) is 3.23. The number of aromatic hydroxyl groups is 1. The number of carbonyl (C=O) groups excluding carboxylic acids is 2. The molecular formula is C18H14N2O3S2. The Morgan fingerprint density at radius 2 is 1.96 bits per heavy atom. The molecule has 1 saturated heterocycles. The van der Waals surface area contributed by atoms with Crippen molar-refractivity contribution in [3.63, 3.8) is 0 Å². The first-order valence-corrected chi connectivity index (χ1v) is 8.65. The summed E-state index contributed by atoms with van der Waals surface area (Å²) in [6.45, 7) is -0.174. The first-order chi connectivity index (χ1) is 12.0. The van der Waals surface area contributed by atoms with Gasteiger partial charge in [0.2, 0.25) is 5.91 Å². The van der Waals surface area contributed by atoms with E-state index in [1.54, 1.807) is 18.2 Å². The highest BCUT2D eigenvalue weighted by Gasteiger charge is 2.33. The topological polar surface area (TPSA) is 69.6 Å². The molecule has 0 aliphatic carbocycles. The van der Waals surface area contributed by atoms with E-state index in [-0.39, 0.29) is 24.1 Å². The minimum Gasteiger partial charge on any atom is -0.508 e. The summed E-state index contributed by atoms with van der Waals surface area (Å²) in [6, 6.07) is 15.6. The van der Waals surface area contributed by atoms with Gasteiger partial charge in [-0.15, -0.1) is 0 Å². The zero-order valence-electron chi connectivity index (χ0n) is 13.0. The molecule has 1 heterocycles. The van der Waals surface area contributed by atoms with Crippen LogP contribution in [-0.2, 0) is 9.59 Å². The minimum absolute atomic E-state index is 0.0502. The van der Waals surface area contributed by atoms with Gasteiger partial charge in [0.05, 0.1) is 4.91 Å². The number of hydrogen-bond acceptors (Lipinski definition) is 5. The predicted molar refractivity (Wildman–Crippen MR) is 103 cm³/mol. The van der Waals surface area contributed by atoms with Gasteiger partial charge in [-0.1, -0.05) is 60.4 Å².